The highest BCUT2D eigenvalue weighted by Gasteiger charge is 2.39. The van der Waals surface area contributed by atoms with Gasteiger partial charge in [-0.25, -0.2) is 4.39 Å². The van der Waals surface area contributed by atoms with E-state index in [-0.39, 0.29) is 35.3 Å². The van der Waals surface area contributed by atoms with Gasteiger partial charge in [-0.2, -0.15) is 0 Å². The summed E-state index contributed by atoms with van der Waals surface area (Å²) < 4.78 is 30.2. The van der Waals surface area contributed by atoms with Gasteiger partial charge in [0.05, 0.1) is 23.2 Å². The van der Waals surface area contributed by atoms with Crippen molar-refractivity contribution >= 4 is 28.9 Å². The first-order chi connectivity index (χ1) is 13.9. The molecule has 4 N–H and O–H groups in total. The van der Waals surface area contributed by atoms with Gasteiger partial charge in [0.1, 0.15) is 10.5 Å². The van der Waals surface area contributed by atoms with Gasteiger partial charge in [-0.15, -0.1) is 4.72 Å². The van der Waals surface area contributed by atoms with E-state index in [1.807, 2.05) is 0 Å². The van der Waals surface area contributed by atoms with Crippen LogP contribution in [0.3, 0.4) is 0 Å². The van der Waals surface area contributed by atoms with Gasteiger partial charge >= 0.3 is 0 Å². The number of rotatable bonds is 6. The van der Waals surface area contributed by atoms with Crippen molar-refractivity contribution in [3.63, 3.8) is 0 Å². The topological polar surface area (TPSA) is 116 Å². The van der Waals surface area contributed by atoms with Gasteiger partial charge < -0.3 is 24.8 Å². The number of halogens is 2. The number of nitrogens with zero attached hydrogens (tertiary/aromatic N) is 1. The van der Waals surface area contributed by atoms with E-state index < -0.39 is 46.6 Å². The average molecular weight is 465 g/mol. The molecule has 1 fully saturated rings. The van der Waals surface area contributed by atoms with Crippen LogP contribution in [0.2, 0.25) is 5.02 Å². The summed E-state index contributed by atoms with van der Waals surface area (Å²) >= 11 is 4.54. The second-order valence-electron chi connectivity index (χ2n) is 8.59. The third-order valence-corrected chi connectivity index (χ3v) is 7.33. The van der Waals surface area contributed by atoms with Crippen molar-refractivity contribution < 1.29 is 29.1 Å². The number of phenolic OH excluding ortho intramolecular Hbond substituents is 1. The number of carbonyl (C=O) groups excluding carboxylic acids is 1. The molecule has 0 radical (unpaired) electrons. The number of carbonyl (C=O) groups is 1. The van der Waals surface area contributed by atoms with E-state index in [4.69, 9.17) is 16.7 Å². The van der Waals surface area contributed by atoms with Gasteiger partial charge in [-0.1, -0.05) is 11.6 Å². The Bertz CT molecular complexity index is 769. The molecule has 0 aromatic heterocycles. The zero-order chi connectivity index (χ0) is 22.8. The Kier molecular flexibility index (Phi) is 8.40. The van der Waals surface area contributed by atoms with Gasteiger partial charge in [0.25, 0.3) is 5.91 Å². The maximum atomic E-state index is 15.1. The molecular formula is C20H30ClFN2O5S. The summed E-state index contributed by atoms with van der Waals surface area (Å²) in [7, 11) is 0. The van der Waals surface area contributed by atoms with Crippen LogP contribution in [0, 0.1) is 18.7 Å². The molecule has 30 heavy (non-hydrogen) atoms. The quantitative estimate of drug-likeness (QED) is 0.479. The highest BCUT2D eigenvalue weighted by Crippen LogP contribution is 2.41. The zero-order valence-electron chi connectivity index (χ0n) is 17.6. The highest BCUT2D eigenvalue weighted by atomic mass is 35.5. The lowest BCUT2D eigenvalue weighted by Gasteiger charge is -2.38. The fourth-order valence-electron chi connectivity index (χ4n) is 3.47. The minimum absolute atomic E-state index is 0.0385. The summed E-state index contributed by atoms with van der Waals surface area (Å²) in [4.78, 5) is 13.5. The molecule has 1 amide bonds. The molecular weight excluding hydrogens is 435 g/mol. The van der Waals surface area contributed by atoms with E-state index in [2.05, 4.69) is 4.72 Å². The number of hydrogen-bond acceptors (Lipinski definition) is 6. The molecule has 10 heteroatoms. The lowest BCUT2D eigenvalue weighted by Crippen LogP contribution is -2.48. The Labute approximate surface area is 184 Å². The summed E-state index contributed by atoms with van der Waals surface area (Å²) in [6.07, 6.45) is -0.623. The minimum Gasteiger partial charge on any atom is -0.598 e. The summed E-state index contributed by atoms with van der Waals surface area (Å²) in [5.41, 5.74) is 0.355. The molecule has 1 aliphatic heterocycles. The standard InChI is InChI=1S/C20H30ClFN2O5S/c1-11-9-13(26)15(17(22)16(11)21)18(23-30(29)20(2,3)4)12-5-7-24(8-6-12)19(28)14(27)10-25/h9,12,14,18,23,25-27H,5-8,10H2,1-4H3/t14-,18-,30+/m1/s1. The van der Waals surface area contributed by atoms with E-state index in [0.717, 1.165) is 0 Å². The first-order valence-corrected chi connectivity index (χ1v) is 11.3. The summed E-state index contributed by atoms with van der Waals surface area (Å²) in [5.74, 6) is -1.84. The van der Waals surface area contributed by atoms with E-state index in [1.54, 1.807) is 27.7 Å². The lowest BCUT2D eigenvalue weighted by molar-refractivity contribution is -0.143. The Morgan fingerprint density at radius 1 is 1.43 bits per heavy atom. The van der Waals surface area contributed by atoms with Gasteiger partial charge in [0.2, 0.25) is 0 Å². The normalized spacial score (nSPS) is 18.9. The highest BCUT2D eigenvalue weighted by molar-refractivity contribution is 7.90. The Hall–Kier alpha value is -1.10. The second-order valence-corrected chi connectivity index (χ2v) is 11.0. The number of nitrogens with one attached hydrogen (secondary N) is 1. The summed E-state index contributed by atoms with van der Waals surface area (Å²) in [5, 5.41) is 29.0. The number of amides is 1. The molecule has 1 aliphatic rings. The third kappa shape index (κ3) is 5.57. The summed E-state index contributed by atoms with van der Waals surface area (Å²) in [6, 6.07) is 0.592. The Morgan fingerprint density at radius 3 is 2.50 bits per heavy atom. The molecule has 1 heterocycles. The second kappa shape index (κ2) is 10.0. The first kappa shape index (κ1) is 25.2. The molecule has 1 aromatic carbocycles. The molecule has 170 valence electrons. The number of benzene rings is 1. The van der Waals surface area contributed by atoms with Crippen molar-refractivity contribution in [3.05, 3.63) is 28.0 Å². The molecule has 7 nitrogen and oxygen atoms in total. The molecule has 1 aromatic rings. The Balaban J connectivity index is 2.33. The number of hydrogen-bond donors (Lipinski definition) is 4. The molecule has 0 saturated carbocycles. The number of phenols is 1. The number of likely N-dealkylation sites (tertiary alicyclic amines) is 1. The van der Waals surface area contributed by atoms with E-state index in [9.17, 15) is 19.6 Å². The van der Waals surface area contributed by atoms with E-state index >= 15 is 4.39 Å². The number of piperidine rings is 1. The van der Waals surface area contributed by atoms with Crippen LogP contribution in [-0.4, -0.2) is 61.2 Å². The summed E-state index contributed by atoms with van der Waals surface area (Å²) in [6.45, 7) is 6.83. The molecule has 2 rings (SSSR count). The minimum atomic E-state index is -1.55. The molecule has 0 aliphatic carbocycles. The smallest absolute Gasteiger partial charge is 0.253 e. The van der Waals surface area contributed by atoms with Gasteiger partial charge in [0, 0.05) is 24.5 Å². The largest absolute Gasteiger partial charge is 0.598 e. The third-order valence-electron chi connectivity index (χ3n) is 5.29. The van der Waals surface area contributed by atoms with Crippen molar-refractivity contribution in [3.8, 4) is 5.75 Å². The van der Waals surface area contributed by atoms with Crippen molar-refractivity contribution in [2.75, 3.05) is 19.7 Å². The SMILES string of the molecule is Cc1cc(O)c([C@H](N[S@@+]([O-])C(C)(C)C)C2CCN(C(=O)[C@H](O)CO)CC2)c(F)c1Cl. The van der Waals surface area contributed by atoms with Gasteiger partial charge in [-0.3, -0.25) is 4.79 Å². The fourth-order valence-corrected chi connectivity index (χ4v) is 4.52. The van der Waals surface area contributed by atoms with Crippen molar-refractivity contribution in [2.45, 2.75) is 57.4 Å². The van der Waals surface area contributed by atoms with Crippen LogP contribution in [0.25, 0.3) is 0 Å². The molecule has 3 atom stereocenters. The number of aliphatic hydroxyl groups is 2. The van der Waals surface area contributed by atoms with Crippen LogP contribution in [0.1, 0.15) is 50.8 Å². The van der Waals surface area contributed by atoms with Crippen LogP contribution in [-0.2, 0) is 16.2 Å². The first-order valence-electron chi connectivity index (χ1n) is 9.81. The van der Waals surface area contributed by atoms with Crippen LogP contribution in [0.4, 0.5) is 4.39 Å². The predicted octanol–water partition coefficient (Wildman–Crippen LogP) is 2.18. The fraction of sp³-hybridized carbons (Fsp3) is 0.650. The maximum absolute atomic E-state index is 15.1. The number of aliphatic hydroxyl groups excluding tert-OH is 2. The molecule has 1 saturated heterocycles. The van der Waals surface area contributed by atoms with Crippen molar-refractivity contribution in [1.29, 1.82) is 0 Å². The number of aryl methyl sites for hydroxylation is 1. The maximum Gasteiger partial charge on any atom is 0.253 e. The molecule has 0 spiro atoms. The predicted molar refractivity (Wildman–Crippen MR) is 114 cm³/mol. The van der Waals surface area contributed by atoms with Gasteiger partial charge in [-0.05, 0) is 58.1 Å². The van der Waals surface area contributed by atoms with Crippen molar-refractivity contribution in [2.24, 2.45) is 5.92 Å². The monoisotopic (exact) mass is 464 g/mol. The van der Waals surface area contributed by atoms with Gasteiger partial charge in [0.15, 0.2) is 11.9 Å². The molecule has 0 bridgehead atoms. The van der Waals surface area contributed by atoms with Crippen LogP contribution >= 0.6 is 11.6 Å². The number of aromatic hydroxyl groups is 1. The molecule has 0 unspecified atom stereocenters. The van der Waals surface area contributed by atoms with Crippen LogP contribution < -0.4 is 4.72 Å². The Morgan fingerprint density at radius 2 is 2.00 bits per heavy atom. The zero-order valence-corrected chi connectivity index (χ0v) is 19.2. The lowest BCUT2D eigenvalue weighted by atomic mass is 9.85. The average Bonchev–Trinajstić information content (AvgIpc) is 2.69. The van der Waals surface area contributed by atoms with Crippen LogP contribution in [0.5, 0.6) is 5.75 Å². The van der Waals surface area contributed by atoms with E-state index in [0.29, 0.717) is 18.4 Å². The van der Waals surface area contributed by atoms with Crippen LogP contribution in [0.15, 0.2) is 6.07 Å². The van der Waals surface area contributed by atoms with E-state index in [1.165, 1.54) is 11.0 Å². The van der Waals surface area contributed by atoms with Crippen molar-refractivity contribution in [1.82, 2.24) is 9.62 Å².